The number of nitriles is 1. The highest BCUT2D eigenvalue weighted by Gasteiger charge is 2.40. The molecule has 0 aromatic heterocycles. The van der Waals surface area contributed by atoms with Crippen molar-refractivity contribution in [2.24, 2.45) is 11.2 Å². The van der Waals surface area contributed by atoms with Gasteiger partial charge in [0.1, 0.15) is 0 Å². The minimum absolute atomic E-state index is 0.204. The fourth-order valence-electron chi connectivity index (χ4n) is 3.46. The highest BCUT2D eigenvalue weighted by Crippen LogP contribution is 2.32. The summed E-state index contributed by atoms with van der Waals surface area (Å²) in [4.78, 5) is 24.4. The van der Waals surface area contributed by atoms with E-state index in [0.29, 0.717) is 0 Å². The zero-order chi connectivity index (χ0) is 13.7. The largest absolute Gasteiger partial charge is 0.276 e. The molecular weight excluding hydrogens is 244 g/mol. The summed E-state index contributed by atoms with van der Waals surface area (Å²) in [7, 11) is 0. The topological polar surface area (TPSA) is 85.6 Å². The molecule has 0 aromatic rings. The first-order chi connectivity index (χ1) is 9.27. The highest BCUT2D eigenvalue weighted by atomic mass is 16.3. The molecule has 1 saturated carbocycles. The van der Waals surface area contributed by atoms with Gasteiger partial charge in [-0.2, -0.15) is 5.26 Å². The molecule has 6 heteroatoms. The van der Waals surface area contributed by atoms with E-state index in [2.05, 4.69) is 11.4 Å². The molecule has 6 nitrogen and oxygen atoms in total. The summed E-state index contributed by atoms with van der Waals surface area (Å²) in [6.45, 7) is 0.756. The van der Waals surface area contributed by atoms with Crippen molar-refractivity contribution in [1.82, 2.24) is 10.3 Å². The Labute approximate surface area is 113 Å². The number of nitrogens with zero attached hydrogens (tertiary/aromatic N) is 3. The lowest BCUT2D eigenvalue weighted by molar-refractivity contribution is -0.129. The third kappa shape index (κ3) is 3.10. The number of hydrogen-bond acceptors (Lipinski definition) is 5. The lowest BCUT2D eigenvalue weighted by Crippen LogP contribution is -2.52. The first-order valence-electron chi connectivity index (χ1n) is 7.05. The van der Waals surface area contributed by atoms with Crippen molar-refractivity contribution in [3.05, 3.63) is 4.91 Å². The number of carbonyl (C=O) groups is 1. The molecule has 0 bridgehead atoms. The molecule has 104 valence electrons. The first kappa shape index (κ1) is 13.9. The maximum absolute atomic E-state index is 12.1. The van der Waals surface area contributed by atoms with Crippen molar-refractivity contribution < 1.29 is 4.79 Å². The van der Waals surface area contributed by atoms with Crippen molar-refractivity contribution >= 4 is 5.91 Å². The van der Waals surface area contributed by atoms with E-state index in [1.54, 1.807) is 0 Å². The number of rotatable bonds is 4. The molecule has 19 heavy (non-hydrogen) atoms. The van der Waals surface area contributed by atoms with Crippen LogP contribution in [0, 0.1) is 22.2 Å². The highest BCUT2D eigenvalue weighted by molar-refractivity contribution is 5.81. The molecular formula is C13H20N4O2. The van der Waals surface area contributed by atoms with Crippen LogP contribution in [0.15, 0.2) is 5.29 Å². The van der Waals surface area contributed by atoms with E-state index in [1.807, 2.05) is 10.3 Å². The molecule has 2 atom stereocenters. The first-order valence-corrected chi connectivity index (χ1v) is 7.05. The Morgan fingerprint density at radius 1 is 1.26 bits per heavy atom. The molecule has 0 spiro atoms. The lowest BCUT2D eigenvalue weighted by Gasteiger charge is -2.36. The van der Waals surface area contributed by atoms with E-state index in [1.165, 1.54) is 6.42 Å². The quantitative estimate of drug-likeness (QED) is 0.618. The molecule has 0 aromatic carbocycles. The van der Waals surface area contributed by atoms with E-state index in [-0.39, 0.29) is 23.9 Å². The smallest absolute Gasteiger partial charge is 0.260 e. The second-order valence-electron chi connectivity index (χ2n) is 5.44. The Morgan fingerprint density at radius 2 is 2.00 bits per heavy atom. The summed E-state index contributed by atoms with van der Waals surface area (Å²) in [6, 6.07) is 1.69. The molecule has 1 heterocycles. The maximum Gasteiger partial charge on any atom is 0.260 e. The molecule has 2 unspecified atom stereocenters. The van der Waals surface area contributed by atoms with Crippen molar-refractivity contribution in [3.8, 4) is 6.07 Å². The molecule has 1 aliphatic heterocycles. The van der Waals surface area contributed by atoms with E-state index in [9.17, 15) is 15.0 Å². The van der Waals surface area contributed by atoms with Gasteiger partial charge in [0.25, 0.3) is 5.91 Å². The van der Waals surface area contributed by atoms with Gasteiger partial charge in [-0.25, -0.2) is 5.43 Å². The summed E-state index contributed by atoms with van der Waals surface area (Å²) in [5.74, 6) is -0.103. The van der Waals surface area contributed by atoms with E-state index >= 15 is 0 Å². The fourth-order valence-corrected chi connectivity index (χ4v) is 3.46. The van der Waals surface area contributed by atoms with Crippen LogP contribution in [0.5, 0.6) is 0 Å². The van der Waals surface area contributed by atoms with Crippen molar-refractivity contribution in [2.75, 3.05) is 6.54 Å². The van der Waals surface area contributed by atoms with E-state index < -0.39 is 0 Å². The molecule has 1 saturated heterocycles. The minimum Gasteiger partial charge on any atom is -0.276 e. The van der Waals surface area contributed by atoms with Crippen LogP contribution in [0.1, 0.15) is 44.9 Å². The number of amides is 1. The van der Waals surface area contributed by atoms with Crippen LogP contribution in [0.25, 0.3) is 0 Å². The van der Waals surface area contributed by atoms with E-state index in [0.717, 1.165) is 45.1 Å². The Morgan fingerprint density at radius 3 is 2.63 bits per heavy atom. The lowest BCUT2D eigenvalue weighted by atomic mass is 9.82. The van der Waals surface area contributed by atoms with Crippen LogP contribution in [0.3, 0.4) is 0 Å². The number of hydrogen-bond donors (Lipinski definition) is 1. The monoisotopic (exact) mass is 264 g/mol. The molecule has 1 N–H and O–H groups in total. The number of likely N-dealkylation sites (tertiary alicyclic amines) is 1. The van der Waals surface area contributed by atoms with Gasteiger partial charge in [0, 0.05) is 6.54 Å². The molecule has 0 radical (unpaired) electrons. The zero-order valence-electron chi connectivity index (χ0n) is 11.0. The van der Waals surface area contributed by atoms with E-state index in [4.69, 9.17) is 0 Å². The van der Waals surface area contributed by atoms with Crippen molar-refractivity contribution in [2.45, 2.75) is 57.0 Å². The third-order valence-electron chi connectivity index (χ3n) is 4.32. The van der Waals surface area contributed by atoms with Gasteiger partial charge in [-0.1, -0.05) is 19.3 Å². The average Bonchev–Trinajstić information content (AvgIpc) is 2.89. The summed E-state index contributed by atoms with van der Waals surface area (Å²) >= 11 is 0. The van der Waals surface area contributed by atoms with Gasteiger partial charge in [0.05, 0.1) is 23.4 Å². The summed E-state index contributed by atoms with van der Waals surface area (Å²) < 4.78 is 0. The average molecular weight is 264 g/mol. The van der Waals surface area contributed by atoms with Crippen LogP contribution in [-0.2, 0) is 4.79 Å². The Bertz CT molecular complexity index is 373. The van der Waals surface area contributed by atoms with Crippen LogP contribution in [0.2, 0.25) is 0 Å². The van der Waals surface area contributed by atoms with Crippen LogP contribution in [-0.4, -0.2) is 29.4 Å². The standard InChI is InChI=1S/C13H20N4O2/c14-9-11-7-4-8-17(11)12(13(18)15-16-19)10-5-2-1-3-6-10/h10-12H,1-8H2,(H,15,18,19). The van der Waals surface area contributed by atoms with Gasteiger partial charge >= 0.3 is 0 Å². The second-order valence-corrected chi connectivity index (χ2v) is 5.44. The number of nitroso groups, excluding NO2 is 1. The molecule has 2 fully saturated rings. The van der Waals surface area contributed by atoms with Gasteiger partial charge in [-0.15, -0.1) is 4.91 Å². The van der Waals surface area contributed by atoms with Gasteiger partial charge in [-0.3, -0.25) is 9.69 Å². The maximum atomic E-state index is 12.1. The van der Waals surface area contributed by atoms with Crippen molar-refractivity contribution in [3.63, 3.8) is 0 Å². The summed E-state index contributed by atoms with van der Waals surface area (Å²) in [5, 5.41) is 11.7. The Hall–Kier alpha value is -1.48. The van der Waals surface area contributed by atoms with Crippen LogP contribution < -0.4 is 5.43 Å². The second kappa shape index (κ2) is 6.62. The van der Waals surface area contributed by atoms with Gasteiger partial charge < -0.3 is 0 Å². The van der Waals surface area contributed by atoms with Gasteiger partial charge in [-0.05, 0) is 31.6 Å². The normalized spacial score (nSPS) is 26.6. The third-order valence-corrected chi connectivity index (χ3v) is 4.32. The molecule has 1 amide bonds. The number of carbonyl (C=O) groups excluding carboxylic acids is 1. The Kier molecular flexibility index (Phi) is 4.86. The molecule has 2 aliphatic rings. The van der Waals surface area contributed by atoms with Crippen molar-refractivity contribution in [1.29, 1.82) is 5.26 Å². The zero-order valence-corrected chi connectivity index (χ0v) is 11.0. The molecule has 2 rings (SSSR count). The number of nitrogens with one attached hydrogen (secondary N) is 1. The van der Waals surface area contributed by atoms with Gasteiger partial charge in [0.15, 0.2) is 0 Å². The fraction of sp³-hybridized carbons (Fsp3) is 0.846. The molecule has 1 aliphatic carbocycles. The predicted molar refractivity (Wildman–Crippen MR) is 69.6 cm³/mol. The predicted octanol–water partition coefficient (Wildman–Crippen LogP) is 1.72. The van der Waals surface area contributed by atoms with Crippen LogP contribution >= 0.6 is 0 Å². The SMILES string of the molecule is N#CC1CCCN1C(C(=O)NN=O)C1CCCCC1. The summed E-state index contributed by atoms with van der Waals surface area (Å²) in [6.07, 6.45) is 7.17. The van der Waals surface area contributed by atoms with Crippen LogP contribution in [0.4, 0.5) is 0 Å². The minimum atomic E-state index is -0.370. The summed E-state index contributed by atoms with van der Waals surface area (Å²) in [5.41, 5.74) is 2.04. The Balaban J connectivity index is 2.15. The van der Waals surface area contributed by atoms with Gasteiger partial charge in [0.2, 0.25) is 0 Å².